The highest BCUT2D eigenvalue weighted by molar-refractivity contribution is 7.89. The van der Waals surface area contributed by atoms with Crippen LogP contribution >= 0.6 is 0 Å². The Morgan fingerprint density at radius 1 is 1.28 bits per heavy atom. The van der Waals surface area contributed by atoms with Gasteiger partial charge in [0.2, 0.25) is 10.0 Å². The Balaban J connectivity index is 1.70. The number of amides is 1. The van der Waals surface area contributed by atoms with Crippen LogP contribution in [0.3, 0.4) is 0 Å². The lowest BCUT2D eigenvalue weighted by Crippen LogP contribution is -2.59. The highest BCUT2D eigenvalue weighted by Gasteiger charge is 2.35. The zero-order valence-corrected chi connectivity index (χ0v) is 15.9. The third kappa shape index (κ3) is 4.43. The summed E-state index contributed by atoms with van der Waals surface area (Å²) in [6.45, 7) is 0.290. The Hall–Kier alpha value is -2.86. The third-order valence-electron chi connectivity index (χ3n) is 4.35. The second kappa shape index (κ2) is 7.52. The molecule has 3 rings (SSSR count). The van der Waals surface area contributed by atoms with Gasteiger partial charge in [-0.1, -0.05) is 0 Å². The molecule has 0 unspecified atom stereocenters. The molecule has 1 amide bonds. The summed E-state index contributed by atoms with van der Waals surface area (Å²) in [4.78, 5) is 16.7. The van der Waals surface area contributed by atoms with Crippen LogP contribution in [0.15, 0.2) is 41.4 Å². The monoisotopic (exact) mass is 430 g/mol. The summed E-state index contributed by atoms with van der Waals surface area (Å²) >= 11 is 0. The number of benzene rings is 1. The average Bonchev–Trinajstić information content (AvgIpc) is 2.63. The van der Waals surface area contributed by atoms with Crippen LogP contribution in [-0.2, 0) is 16.2 Å². The van der Waals surface area contributed by atoms with Crippen LogP contribution in [0.5, 0.6) is 5.75 Å². The van der Waals surface area contributed by atoms with Gasteiger partial charge in [-0.15, -0.1) is 0 Å². The van der Waals surface area contributed by atoms with Crippen molar-refractivity contribution < 1.29 is 31.1 Å². The van der Waals surface area contributed by atoms with E-state index in [-0.39, 0.29) is 35.1 Å². The van der Waals surface area contributed by atoms with Crippen LogP contribution in [0.2, 0.25) is 0 Å². The van der Waals surface area contributed by atoms with Crippen LogP contribution in [0, 0.1) is 0 Å². The van der Waals surface area contributed by atoms with E-state index in [9.17, 15) is 26.4 Å². The Morgan fingerprint density at radius 3 is 2.55 bits per heavy atom. The van der Waals surface area contributed by atoms with Gasteiger partial charge in [0.1, 0.15) is 11.6 Å². The molecule has 0 aliphatic carbocycles. The molecule has 156 valence electrons. The maximum Gasteiger partial charge on any atom is 0.416 e. The molecule has 2 aromatic rings. The van der Waals surface area contributed by atoms with Crippen molar-refractivity contribution in [3.63, 3.8) is 0 Å². The molecule has 2 heterocycles. The van der Waals surface area contributed by atoms with Gasteiger partial charge in [0.25, 0.3) is 5.91 Å². The quantitative estimate of drug-likeness (QED) is 0.716. The normalized spacial score (nSPS) is 15.1. The standard InChI is InChI=1S/C17H17F3N4O4S/c1-28-14-3-2-12(7-13(14)16(21)25)29(26,27)23-11-8-24(9-11)15-6-10(4-5-22-15)17(18,19)20/h2-7,11,23H,8-9H2,1H3,(H2,21,25). The molecule has 3 N–H and O–H groups in total. The van der Waals surface area contributed by atoms with E-state index in [0.717, 1.165) is 24.4 Å². The molecule has 0 atom stereocenters. The smallest absolute Gasteiger partial charge is 0.416 e. The zero-order chi connectivity index (χ0) is 21.4. The molecular formula is C17H17F3N4O4S. The van der Waals surface area contributed by atoms with Crippen molar-refractivity contribution in [2.24, 2.45) is 5.73 Å². The summed E-state index contributed by atoms with van der Waals surface area (Å²) in [5, 5.41) is 0. The van der Waals surface area contributed by atoms with Crippen molar-refractivity contribution in [2.75, 3.05) is 25.1 Å². The van der Waals surface area contributed by atoms with Gasteiger partial charge in [0.05, 0.1) is 29.2 Å². The number of anilines is 1. The molecule has 1 fully saturated rings. The summed E-state index contributed by atoms with van der Waals surface area (Å²) in [7, 11) is -2.66. The van der Waals surface area contributed by atoms with Gasteiger partial charge in [-0.05, 0) is 30.3 Å². The van der Waals surface area contributed by atoms with Crippen molar-refractivity contribution in [1.29, 1.82) is 0 Å². The summed E-state index contributed by atoms with van der Waals surface area (Å²) in [5.41, 5.74) is 4.32. The second-order valence-corrected chi connectivity index (χ2v) is 8.06. The third-order valence-corrected chi connectivity index (χ3v) is 5.87. The summed E-state index contributed by atoms with van der Waals surface area (Å²) in [5.74, 6) is -0.595. The summed E-state index contributed by atoms with van der Waals surface area (Å²) in [6.07, 6.45) is -3.44. The molecule has 1 aliphatic heterocycles. The van der Waals surface area contributed by atoms with Crippen molar-refractivity contribution in [2.45, 2.75) is 17.1 Å². The predicted octanol–water partition coefficient (Wildman–Crippen LogP) is 1.38. The average molecular weight is 430 g/mol. The lowest BCUT2D eigenvalue weighted by atomic mass is 10.1. The SMILES string of the molecule is COc1ccc(S(=O)(=O)NC2CN(c3cc(C(F)(F)F)ccn3)C2)cc1C(N)=O. The fraction of sp³-hybridized carbons (Fsp3) is 0.294. The number of sulfonamides is 1. The second-order valence-electron chi connectivity index (χ2n) is 6.35. The Labute approximate surface area is 164 Å². The minimum Gasteiger partial charge on any atom is -0.496 e. The predicted molar refractivity (Wildman–Crippen MR) is 97.1 cm³/mol. The number of ether oxygens (including phenoxy) is 1. The molecule has 1 aromatic carbocycles. The van der Waals surface area contributed by atoms with E-state index in [1.54, 1.807) is 0 Å². The van der Waals surface area contributed by atoms with E-state index in [0.29, 0.717) is 0 Å². The summed E-state index contributed by atoms with van der Waals surface area (Å²) in [6, 6.07) is 4.92. The van der Waals surface area contributed by atoms with Gasteiger partial charge in [-0.2, -0.15) is 13.2 Å². The first kappa shape index (κ1) is 20.9. The van der Waals surface area contributed by atoms with E-state index in [4.69, 9.17) is 10.5 Å². The van der Waals surface area contributed by atoms with Crippen molar-refractivity contribution >= 4 is 21.7 Å². The molecule has 12 heteroatoms. The minimum absolute atomic E-state index is 0.0845. The number of alkyl halides is 3. The molecule has 0 spiro atoms. The van der Waals surface area contributed by atoms with Gasteiger partial charge >= 0.3 is 6.18 Å². The van der Waals surface area contributed by atoms with Crippen molar-refractivity contribution in [3.8, 4) is 5.75 Å². The van der Waals surface area contributed by atoms with E-state index in [1.807, 2.05) is 0 Å². The van der Waals surface area contributed by atoms with E-state index >= 15 is 0 Å². The topological polar surface area (TPSA) is 115 Å². The number of carbonyl (C=O) groups excluding carboxylic acids is 1. The Bertz CT molecular complexity index is 1040. The number of rotatable bonds is 6. The molecule has 0 saturated carbocycles. The number of carbonyl (C=O) groups is 1. The number of nitrogens with zero attached hydrogens (tertiary/aromatic N) is 2. The fourth-order valence-corrected chi connectivity index (χ4v) is 4.09. The Kier molecular flexibility index (Phi) is 5.41. The zero-order valence-electron chi connectivity index (χ0n) is 15.1. The summed E-state index contributed by atoms with van der Waals surface area (Å²) < 4.78 is 70.9. The fourth-order valence-electron chi connectivity index (χ4n) is 2.84. The highest BCUT2D eigenvalue weighted by atomic mass is 32.2. The van der Waals surface area contributed by atoms with Gasteiger partial charge in [-0.25, -0.2) is 18.1 Å². The molecule has 8 nitrogen and oxygen atoms in total. The van der Waals surface area contributed by atoms with Gasteiger partial charge < -0.3 is 15.4 Å². The van der Waals surface area contributed by atoms with Crippen LogP contribution < -0.4 is 20.1 Å². The van der Waals surface area contributed by atoms with Crippen molar-refractivity contribution in [3.05, 3.63) is 47.7 Å². The molecule has 1 aliphatic rings. The van der Waals surface area contributed by atoms with Gasteiger partial charge in [0, 0.05) is 19.3 Å². The number of hydrogen-bond acceptors (Lipinski definition) is 6. The first-order valence-corrected chi connectivity index (χ1v) is 9.78. The number of pyridine rings is 1. The Morgan fingerprint density at radius 2 is 1.97 bits per heavy atom. The molecule has 0 bridgehead atoms. The number of nitrogens with one attached hydrogen (secondary N) is 1. The van der Waals surface area contributed by atoms with E-state index in [2.05, 4.69) is 9.71 Å². The van der Waals surface area contributed by atoms with Crippen LogP contribution in [0.1, 0.15) is 15.9 Å². The molecule has 29 heavy (non-hydrogen) atoms. The molecular weight excluding hydrogens is 413 g/mol. The van der Waals surface area contributed by atoms with Gasteiger partial charge in [-0.3, -0.25) is 4.79 Å². The first-order chi connectivity index (χ1) is 13.5. The maximum atomic E-state index is 12.8. The number of primary amides is 1. The minimum atomic E-state index is -4.49. The maximum absolute atomic E-state index is 12.8. The molecule has 0 radical (unpaired) electrons. The molecule has 1 saturated heterocycles. The number of methoxy groups -OCH3 is 1. The van der Waals surface area contributed by atoms with Crippen LogP contribution in [-0.4, -0.2) is 45.6 Å². The molecule has 1 aromatic heterocycles. The number of aromatic nitrogens is 1. The lowest BCUT2D eigenvalue weighted by molar-refractivity contribution is -0.137. The highest BCUT2D eigenvalue weighted by Crippen LogP contribution is 2.31. The lowest BCUT2D eigenvalue weighted by Gasteiger charge is -2.40. The van der Waals surface area contributed by atoms with Crippen LogP contribution in [0.4, 0.5) is 19.0 Å². The van der Waals surface area contributed by atoms with Crippen molar-refractivity contribution in [1.82, 2.24) is 9.71 Å². The largest absolute Gasteiger partial charge is 0.496 e. The van der Waals surface area contributed by atoms with Gasteiger partial charge in [0.15, 0.2) is 0 Å². The number of nitrogens with two attached hydrogens (primary N) is 1. The van der Waals surface area contributed by atoms with E-state index < -0.39 is 33.7 Å². The first-order valence-electron chi connectivity index (χ1n) is 8.29. The van der Waals surface area contributed by atoms with Crippen LogP contribution in [0.25, 0.3) is 0 Å². The van der Waals surface area contributed by atoms with E-state index in [1.165, 1.54) is 24.1 Å². The number of halogens is 3. The number of hydrogen-bond donors (Lipinski definition) is 2.